The number of hydrogen-bond donors (Lipinski definition) is 0. The van der Waals surface area contributed by atoms with Gasteiger partial charge in [-0.1, -0.05) is 18.2 Å². The molecule has 2 saturated heterocycles. The van der Waals surface area contributed by atoms with Gasteiger partial charge in [0.2, 0.25) is 0 Å². The Labute approximate surface area is 171 Å². The molecule has 0 spiro atoms. The van der Waals surface area contributed by atoms with Crippen LogP contribution in [0.3, 0.4) is 0 Å². The molecule has 4 heterocycles. The molecular weight excluding hydrogens is 365 g/mol. The Bertz CT molecular complexity index is 977. The zero-order valence-electron chi connectivity index (χ0n) is 17.0. The van der Waals surface area contributed by atoms with Crippen LogP contribution in [-0.2, 0) is 6.54 Å². The minimum Gasteiger partial charge on any atom is -0.358 e. The first-order valence-electron chi connectivity index (χ1n) is 10.6. The van der Waals surface area contributed by atoms with Gasteiger partial charge in [-0.15, -0.1) is 0 Å². The lowest BCUT2D eigenvalue weighted by Crippen LogP contribution is -2.46. The van der Waals surface area contributed by atoms with Gasteiger partial charge in [-0.2, -0.15) is 0 Å². The topological polar surface area (TPSA) is 27.0 Å². The minimum absolute atomic E-state index is 0.177. The van der Waals surface area contributed by atoms with Gasteiger partial charge in [0.25, 0.3) is 0 Å². The Kier molecular flexibility index (Phi) is 4.97. The van der Waals surface area contributed by atoms with Gasteiger partial charge >= 0.3 is 0 Å². The van der Waals surface area contributed by atoms with Gasteiger partial charge < -0.3 is 4.90 Å². The molecule has 0 N–H and O–H groups in total. The molecule has 3 aromatic rings. The molecular formula is C23H28FN5. The second kappa shape index (κ2) is 7.76. The number of fused-ring (bicyclic) bond motifs is 1. The van der Waals surface area contributed by atoms with Crippen LogP contribution >= 0.6 is 0 Å². The van der Waals surface area contributed by atoms with Crippen LogP contribution in [0.5, 0.6) is 0 Å². The van der Waals surface area contributed by atoms with E-state index in [1.54, 1.807) is 12.1 Å². The summed E-state index contributed by atoms with van der Waals surface area (Å²) in [6.45, 7) is 6.03. The number of likely N-dealkylation sites (N-methyl/N-ethyl adjacent to an activating group) is 1. The quantitative estimate of drug-likeness (QED) is 0.677. The van der Waals surface area contributed by atoms with E-state index >= 15 is 0 Å². The van der Waals surface area contributed by atoms with Gasteiger partial charge in [0, 0.05) is 45.5 Å². The molecule has 0 radical (unpaired) electrons. The molecule has 2 fully saturated rings. The average Bonchev–Trinajstić information content (AvgIpc) is 3.40. The van der Waals surface area contributed by atoms with Gasteiger partial charge in [-0.05, 0) is 49.7 Å². The maximum atomic E-state index is 13.2. The first-order valence-corrected chi connectivity index (χ1v) is 10.6. The summed E-state index contributed by atoms with van der Waals surface area (Å²) in [7, 11) is 2.19. The van der Waals surface area contributed by atoms with E-state index in [2.05, 4.69) is 50.5 Å². The lowest BCUT2D eigenvalue weighted by molar-refractivity contribution is 0.0885. The normalized spacial score (nSPS) is 21.3. The number of aromatic nitrogens is 2. The molecule has 1 unspecified atom stereocenters. The van der Waals surface area contributed by atoms with Crippen LogP contribution in [0, 0.1) is 5.82 Å². The van der Waals surface area contributed by atoms with Gasteiger partial charge in [-0.25, -0.2) is 9.37 Å². The second-order valence-corrected chi connectivity index (χ2v) is 8.33. The summed E-state index contributed by atoms with van der Waals surface area (Å²) in [5.74, 6) is 1.07. The molecule has 0 bridgehead atoms. The summed E-state index contributed by atoms with van der Waals surface area (Å²) in [4.78, 5) is 12.3. The summed E-state index contributed by atoms with van der Waals surface area (Å²) < 4.78 is 15.5. The molecule has 2 aliphatic heterocycles. The third-order valence-electron chi connectivity index (χ3n) is 6.31. The Morgan fingerprint density at radius 3 is 2.59 bits per heavy atom. The number of nitrogens with zero attached hydrogens (tertiary/aromatic N) is 5. The highest BCUT2D eigenvalue weighted by atomic mass is 19.1. The predicted molar refractivity (Wildman–Crippen MR) is 114 cm³/mol. The lowest BCUT2D eigenvalue weighted by atomic mass is 10.1. The van der Waals surface area contributed by atoms with Crippen molar-refractivity contribution in [3.63, 3.8) is 0 Å². The number of piperazine rings is 1. The zero-order valence-corrected chi connectivity index (χ0v) is 17.0. The van der Waals surface area contributed by atoms with E-state index in [0.29, 0.717) is 0 Å². The molecule has 0 amide bonds. The number of halogens is 1. The van der Waals surface area contributed by atoms with Crippen LogP contribution in [0.15, 0.2) is 48.7 Å². The fourth-order valence-corrected chi connectivity index (χ4v) is 4.62. The highest BCUT2D eigenvalue weighted by molar-refractivity contribution is 5.53. The van der Waals surface area contributed by atoms with Crippen molar-refractivity contribution in [2.24, 2.45) is 0 Å². The maximum absolute atomic E-state index is 13.2. The third-order valence-corrected chi connectivity index (χ3v) is 6.31. The van der Waals surface area contributed by atoms with Crippen molar-refractivity contribution in [3.8, 4) is 0 Å². The van der Waals surface area contributed by atoms with Crippen molar-refractivity contribution in [2.75, 3.05) is 44.7 Å². The van der Waals surface area contributed by atoms with Crippen molar-refractivity contribution in [1.29, 1.82) is 0 Å². The highest BCUT2D eigenvalue weighted by Crippen LogP contribution is 2.28. The maximum Gasteiger partial charge on any atom is 0.138 e. The lowest BCUT2D eigenvalue weighted by Gasteiger charge is -2.38. The third kappa shape index (κ3) is 3.74. The average molecular weight is 394 g/mol. The Morgan fingerprint density at radius 1 is 1.00 bits per heavy atom. The zero-order chi connectivity index (χ0) is 19.8. The van der Waals surface area contributed by atoms with Gasteiger partial charge in [0.05, 0.1) is 11.7 Å². The van der Waals surface area contributed by atoms with E-state index in [1.807, 2.05) is 12.1 Å². The first-order chi connectivity index (χ1) is 14.2. The summed E-state index contributed by atoms with van der Waals surface area (Å²) >= 11 is 0. The predicted octanol–water partition coefficient (Wildman–Crippen LogP) is 3.56. The van der Waals surface area contributed by atoms with E-state index in [0.717, 1.165) is 56.2 Å². The molecule has 5 nitrogen and oxygen atoms in total. The van der Waals surface area contributed by atoms with Crippen LogP contribution < -0.4 is 4.90 Å². The number of hydrogen-bond acceptors (Lipinski definition) is 4. The van der Waals surface area contributed by atoms with Crippen molar-refractivity contribution in [2.45, 2.75) is 25.4 Å². The van der Waals surface area contributed by atoms with Crippen LogP contribution in [0.25, 0.3) is 5.65 Å². The van der Waals surface area contributed by atoms with Crippen LogP contribution in [0.4, 0.5) is 10.2 Å². The first kappa shape index (κ1) is 18.6. The van der Waals surface area contributed by atoms with Gasteiger partial charge in [0.15, 0.2) is 0 Å². The minimum atomic E-state index is -0.177. The number of imidazole rings is 1. The Morgan fingerprint density at radius 2 is 1.79 bits per heavy atom. The summed E-state index contributed by atoms with van der Waals surface area (Å²) in [5.41, 5.74) is 3.30. The molecule has 6 heteroatoms. The number of benzene rings is 1. The SMILES string of the molecule is CN1CCN(Cc2ccc(F)cc2)CC1c1cn2c(N3CCCC3)cccc2n1. The summed E-state index contributed by atoms with van der Waals surface area (Å²) in [6.07, 6.45) is 4.76. The molecule has 0 saturated carbocycles. The van der Waals surface area contributed by atoms with E-state index in [4.69, 9.17) is 4.98 Å². The fraction of sp³-hybridized carbons (Fsp3) is 0.435. The number of rotatable bonds is 4. The number of anilines is 1. The fourth-order valence-electron chi connectivity index (χ4n) is 4.62. The van der Waals surface area contributed by atoms with Crippen molar-refractivity contribution in [3.05, 3.63) is 65.7 Å². The monoisotopic (exact) mass is 393 g/mol. The summed E-state index contributed by atoms with van der Waals surface area (Å²) in [5, 5.41) is 0. The highest BCUT2D eigenvalue weighted by Gasteiger charge is 2.28. The van der Waals surface area contributed by atoms with E-state index in [-0.39, 0.29) is 11.9 Å². The molecule has 5 rings (SSSR count). The molecule has 29 heavy (non-hydrogen) atoms. The Hall–Kier alpha value is -2.44. The van der Waals surface area contributed by atoms with Gasteiger partial charge in [0.1, 0.15) is 17.3 Å². The molecule has 1 atom stereocenters. The van der Waals surface area contributed by atoms with Crippen molar-refractivity contribution >= 4 is 11.5 Å². The number of pyridine rings is 1. The molecule has 2 aromatic heterocycles. The van der Waals surface area contributed by atoms with Crippen LogP contribution in [0.2, 0.25) is 0 Å². The van der Waals surface area contributed by atoms with Crippen LogP contribution in [-0.4, -0.2) is 59.0 Å². The second-order valence-electron chi connectivity index (χ2n) is 8.33. The van der Waals surface area contributed by atoms with E-state index < -0.39 is 0 Å². The smallest absolute Gasteiger partial charge is 0.138 e. The standard InChI is InChI=1S/C23H28FN5/c1-26-13-14-27(15-18-7-9-19(24)10-8-18)17-21(26)20-16-29-22(25-20)5-4-6-23(29)28-11-2-3-12-28/h4-10,16,21H,2-3,11-15,17H2,1H3. The molecule has 152 valence electrons. The molecule has 0 aliphatic carbocycles. The van der Waals surface area contributed by atoms with E-state index in [1.165, 1.54) is 18.7 Å². The largest absolute Gasteiger partial charge is 0.358 e. The van der Waals surface area contributed by atoms with E-state index in [9.17, 15) is 4.39 Å². The van der Waals surface area contributed by atoms with Gasteiger partial charge in [-0.3, -0.25) is 14.2 Å². The molecule has 2 aliphatic rings. The Balaban J connectivity index is 1.39. The van der Waals surface area contributed by atoms with Crippen molar-refractivity contribution in [1.82, 2.24) is 19.2 Å². The summed E-state index contributed by atoms with van der Waals surface area (Å²) in [6, 6.07) is 13.5. The molecule has 1 aromatic carbocycles. The van der Waals surface area contributed by atoms with Crippen molar-refractivity contribution < 1.29 is 4.39 Å². The van der Waals surface area contributed by atoms with Crippen LogP contribution in [0.1, 0.15) is 30.1 Å².